The van der Waals surface area contributed by atoms with Crippen molar-refractivity contribution in [3.63, 3.8) is 0 Å². The zero-order valence-electron chi connectivity index (χ0n) is 12.8. The first kappa shape index (κ1) is 16.5. The fourth-order valence-electron chi connectivity index (χ4n) is 2.00. The first-order chi connectivity index (χ1) is 9.69. The highest BCUT2D eigenvalue weighted by molar-refractivity contribution is 5.75. The van der Waals surface area contributed by atoms with Crippen molar-refractivity contribution in [2.45, 2.75) is 32.7 Å². The number of nitrogens with zero attached hydrogens (tertiary/aromatic N) is 1. The summed E-state index contributed by atoms with van der Waals surface area (Å²) >= 11 is 0. The van der Waals surface area contributed by atoms with Crippen LogP contribution in [0.1, 0.15) is 26.7 Å². The van der Waals surface area contributed by atoms with Crippen molar-refractivity contribution >= 4 is 11.7 Å². The van der Waals surface area contributed by atoms with E-state index in [1.807, 2.05) is 32.2 Å². The second kappa shape index (κ2) is 9.37. The maximum Gasteiger partial charge on any atom is 0.323 e. The molecule has 0 heterocycles. The van der Waals surface area contributed by atoms with Gasteiger partial charge in [-0.2, -0.15) is 0 Å². The molecule has 4 heteroatoms. The Bertz CT molecular complexity index is 381. The van der Waals surface area contributed by atoms with Gasteiger partial charge >= 0.3 is 5.97 Å². The van der Waals surface area contributed by atoms with Gasteiger partial charge in [-0.3, -0.25) is 4.79 Å². The van der Waals surface area contributed by atoms with Crippen molar-refractivity contribution in [3.05, 3.63) is 30.3 Å². The van der Waals surface area contributed by atoms with Crippen LogP contribution >= 0.6 is 0 Å². The molecular formula is C16H26N2O2. The normalized spacial score (nSPS) is 11.9. The van der Waals surface area contributed by atoms with Crippen LogP contribution in [-0.4, -0.2) is 38.8 Å². The number of ether oxygens (including phenoxy) is 1. The molecule has 1 N–H and O–H groups in total. The van der Waals surface area contributed by atoms with E-state index in [1.54, 1.807) is 0 Å². The lowest BCUT2D eigenvalue weighted by Crippen LogP contribution is -2.41. The number of rotatable bonds is 9. The minimum absolute atomic E-state index is 0.151. The minimum Gasteiger partial charge on any atom is -0.465 e. The van der Waals surface area contributed by atoms with Crippen molar-refractivity contribution in [3.8, 4) is 0 Å². The summed E-state index contributed by atoms with van der Waals surface area (Å²) in [6, 6.07) is 9.95. The molecule has 0 aromatic heterocycles. The summed E-state index contributed by atoms with van der Waals surface area (Å²) in [5.74, 6) is -0.151. The molecule has 0 aliphatic heterocycles. The summed E-state index contributed by atoms with van der Waals surface area (Å²) in [6.45, 7) is 6.00. The standard InChI is InChI=1S/C16H26N2O2/c1-4-12-17-15(16(19)20-5-2)11-13-18(3)14-9-7-6-8-10-14/h6-10,15,17H,4-5,11-13H2,1-3H3. The van der Waals surface area contributed by atoms with Crippen molar-refractivity contribution in [2.24, 2.45) is 0 Å². The van der Waals surface area contributed by atoms with E-state index in [0.29, 0.717) is 6.61 Å². The van der Waals surface area contributed by atoms with Gasteiger partial charge < -0.3 is 15.0 Å². The minimum atomic E-state index is -0.221. The van der Waals surface area contributed by atoms with Gasteiger partial charge in [0.2, 0.25) is 0 Å². The smallest absolute Gasteiger partial charge is 0.323 e. The number of carbonyl (C=O) groups excluding carboxylic acids is 1. The second-order valence-corrected chi connectivity index (χ2v) is 4.80. The largest absolute Gasteiger partial charge is 0.465 e. The van der Waals surface area contributed by atoms with E-state index in [4.69, 9.17) is 4.74 Å². The molecule has 0 aliphatic rings. The highest BCUT2D eigenvalue weighted by atomic mass is 16.5. The Morgan fingerprint density at radius 1 is 1.30 bits per heavy atom. The molecule has 1 atom stereocenters. The predicted molar refractivity (Wildman–Crippen MR) is 83.0 cm³/mol. The summed E-state index contributed by atoms with van der Waals surface area (Å²) in [7, 11) is 2.04. The van der Waals surface area contributed by atoms with Crippen molar-refractivity contribution < 1.29 is 9.53 Å². The molecule has 0 saturated carbocycles. The number of benzene rings is 1. The van der Waals surface area contributed by atoms with Crippen LogP contribution in [-0.2, 0) is 9.53 Å². The summed E-state index contributed by atoms with van der Waals surface area (Å²) in [4.78, 5) is 14.0. The molecule has 4 nitrogen and oxygen atoms in total. The first-order valence-electron chi connectivity index (χ1n) is 7.35. The number of hydrogen-bond acceptors (Lipinski definition) is 4. The third kappa shape index (κ3) is 5.61. The Labute approximate surface area is 122 Å². The summed E-state index contributed by atoms with van der Waals surface area (Å²) in [6.07, 6.45) is 1.74. The molecule has 0 bridgehead atoms. The molecule has 1 rings (SSSR count). The Balaban J connectivity index is 2.50. The van der Waals surface area contributed by atoms with Crippen molar-refractivity contribution in [2.75, 3.05) is 31.6 Å². The Morgan fingerprint density at radius 2 is 2.00 bits per heavy atom. The number of hydrogen-bond donors (Lipinski definition) is 1. The van der Waals surface area contributed by atoms with Crippen molar-refractivity contribution in [1.29, 1.82) is 0 Å². The van der Waals surface area contributed by atoms with Gasteiger partial charge in [0.25, 0.3) is 0 Å². The van der Waals surface area contributed by atoms with Crippen molar-refractivity contribution in [1.82, 2.24) is 5.32 Å². The van der Waals surface area contributed by atoms with E-state index in [0.717, 1.165) is 31.6 Å². The van der Waals surface area contributed by atoms with E-state index in [2.05, 4.69) is 29.3 Å². The van der Waals surface area contributed by atoms with Gasteiger partial charge in [0.15, 0.2) is 0 Å². The lowest BCUT2D eigenvalue weighted by atomic mass is 10.2. The molecule has 112 valence electrons. The molecule has 1 unspecified atom stereocenters. The number of para-hydroxylation sites is 1. The molecule has 0 radical (unpaired) electrons. The van der Waals surface area contributed by atoms with Gasteiger partial charge in [-0.15, -0.1) is 0 Å². The molecular weight excluding hydrogens is 252 g/mol. The van der Waals surface area contributed by atoms with Crippen LogP contribution in [0.5, 0.6) is 0 Å². The highest BCUT2D eigenvalue weighted by Gasteiger charge is 2.19. The quantitative estimate of drug-likeness (QED) is 0.705. The van der Waals surface area contributed by atoms with Gasteiger partial charge in [-0.05, 0) is 38.4 Å². The van der Waals surface area contributed by atoms with E-state index < -0.39 is 0 Å². The van der Waals surface area contributed by atoms with Crippen LogP contribution in [0.3, 0.4) is 0 Å². The Hall–Kier alpha value is -1.55. The predicted octanol–water partition coefficient (Wildman–Crippen LogP) is 2.44. The zero-order valence-corrected chi connectivity index (χ0v) is 12.8. The lowest BCUT2D eigenvalue weighted by molar-refractivity contribution is -0.145. The molecule has 0 amide bonds. The number of carbonyl (C=O) groups is 1. The monoisotopic (exact) mass is 278 g/mol. The maximum atomic E-state index is 11.9. The SMILES string of the molecule is CCCNC(CCN(C)c1ccccc1)C(=O)OCC. The molecule has 1 aromatic rings. The van der Waals surface area contributed by atoms with Gasteiger partial charge in [0, 0.05) is 19.3 Å². The molecule has 0 aliphatic carbocycles. The number of anilines is 1. The summed E-state index contributed by atoms with van der Waals surface area (Å²) < 4.78 is 5.12. The maximum absolute atomic E-state index is 11.9. The van der Waals surface area contributed by atoms with Gasteiger partial charge in [0.1, 0.15) is 6.04 Å². The summed E-state index contributed by atoms with van der Waals surface area (Å²) in [5, 5.41) is 3.26. The van der Waals surface area contributed by atoms with E-state index in [-0.39, 0.29) is 12.0 Å². The van der Waals surface area contributed by atoms with Crippen LogP contribution in [0.15, 0.2) is 30.3 Å². The zero-order chi connectivity index (χ0) is 14.8. The van der Waals surface area contributed by atoms with Crippen LogP contribution in [0.2, 0.25) is 0 Å². The van der Waals surface area contributed by atoms with Gasteiger partial charge in [0.05, 0.1) is 6.61 Å². The Morgan fingerprint density at radius 3 is 2.60 bits per heavy atom. The lowest BCUT2D eigenvalue weighted by Gasteiger charge is -2.23. The average molecular weight is 278 g/mol. The van der Waals surface area contributed by atoms with Gasteiger partial charge in [-0.1, -0.05) is 25.1 Å². The molecule has 0 fully saturated rings. The third-order valence-electron chi connectivity index (χ3n) is 3.16. The second-order valence-electron chi connectivity index (χ2n) is 4.80. The number of esters is 1. The molecule has 20 heavy (non-hydrogen) atoms. The van der Waals surface area contributed by atoms with E-state index >= 15 is 0 Å². The van der Waals surface area contributed by atoms with E-state index in [9.17, 15) is 4.79 Å². The molecule has 0 saturated heterocycles. The van der Waals surface area contributed by atoms with Gasteiger partial charge in [-0.25, -0.2) is 0 Å². The highest BCUT2D eigenvalue weighted by Crippen LogP contribution is 2.12. The van der Waals surface area contributed by atoms with E-state index in [1.165, 1.54) is 0 Å². The Kier molecular flexibility index (Phi) is 7.73. The third-order valence-corrected chi connectivity index (χ3v) is 3.16. The fraction of sp³-hybridized carbons (Fsp3) is 0.562. The van der Waals surface area contributed by atoms with Crippen LogP contribution in [0.25, 0.3) is 0 Å². The van der Waals surface area contributed by atoms with Crippen LogP contribution < -0.4 is 10.2 Å². The number of nitrogens with one attached hydrogen (secondary N) is 1. The summed E-state index contributed by atoms with van der Waals surface area (Å²) in [5.41, 5.74) is 1.16. The fourth-order valence-corrected chi connectivity index (χ4v) is 2.00. The first-order valence-corrected chi connectivity index (χ1v) is 7.35. The van der Waals surface area contributed by atoms with Crippen LogP contribution in [0, 0.1) is 0 Å². The molecule has 1 aromatic carbocycles. The molecule has 0 spiro atoms. The van der Waals surface area contributed by atoms with Crippen LogP contribution in [0.4, 0.5) is 5.69 Å². The topological polar surface area (TPSA) is 41.6 Å². The average Bonchev–Trinajstić information content (AvgIpc) is 2.48.